The second-order valence-corrected chi connectivity index (χ2v) is 4.24. The summed E-state index contributed by atoms with van der Waals surface area (Å²) in [6, 6.07) is 4.44. The number of carbonyl (C=O) groups excluding carboxylic acids is 1. The molecular formula is C12H13F3N2O. The summed E-state index contributed by atoms with van der Waals surface area (Å²) in [7, 11) is 0. The van der Waals surface area contributed by atoms with Crippen molar-refractivity contribution >= 4 is 5.91 Å². The number of carbonyl (C=O) groups is 1. The van der Waals surface area contributed by atoms with E-state index >= 15 is 0 Å². The van der Waals surface area contributed by atoms with Crippen molar-refractivity contribution < 1.29 is 18.0 Å². The number of alkyl halides is 3. The molecule has 1 heterocycles. The van der Waals surface area contributed by atoms with E-state index in [1.807, 2.05) is 0 Å². The zero-order valence-corrected chi connectivity index (χ0v) is 9.55. The van der Waals surface area contributed by atoms with Gasteiger partial charge in [-0.15, -0.1) is 0 Å². The van der Waals surface area contributed by atoms with Gasteiger partial charge < -0.3 is 10.6 Å². The largest absolute Gasteiger partial charge is 0.416 e. The molecule has 1 aliphatic heterocycles. The molecule has 2 N–H and O–H groups in total. The van der Waals surface area contributed by atoms with Crippen LogP contribution >= 0.6 is 0 Å². The van der Waals surface area contributed by atoms with Crippen LogP contribution in [0.3, 0.4) is 0 Å². The fourth-order valence-corrected chi connectivity index (χ4v) is 1.88. The van der Waals surface area contributed by atoms with Crippen LogP contribution in [0.4, 0.5) is 13.2 Å². The molecule has 0 spiro atoms. The molecule has 0 saturated carbocycles. The van der Waals surface area contributed by atoms with Gasteiger partial charge in [-0.2, -0.15) is 13.2 Å². The minimum absolute atomic E-state index is 0.00737. The van der Waals surface area contributed by atoms with Gasteiger partial charge in [0.1, 0.15) is 0 Å². The van der Waals surface area contributed by atoms with Crippen LogP contribution in [0, 0.1) is 0 Å². The predicted octanol–water partition coefficient (Wildman–Crippen LogP) is 1.80. The van der Waals surface area contributed by atoms with Crippen molar-refractivity contribution in [2.45, 2.75) is 18.6 Å². The number of amides is 1. The Bertz CT molecular complexity index is 439. The number of rotatable bonds is 2. The third-order valence-corrected chi connectivity index (χ3v) is 2.85. The van der Waals surface area contributed by atoms with Crippen LogP contribution in [0.5, 0.6) is 0 Å². The van der Waals surface area contributed by atoms with E-state index in [0.29, 0.717) is 6.54 Å². The first-order valence-electron chi connectivity index (χ1n) is 5.65. The van der Waals surface area contributed by atoms with Crippen LogP contribution < -0.4 is 10.6 Å². The summed E-state index contributed by atoms with van der Waals surface area (Å²) >= 11 is 0. The molecule has 0 radical (unpaired) electrons. The minimum atomic E-state index is -4.43. The Morgan fingerprint density at radius 2 is 2.17 bits per heavy atom. The second kappa shape index (κ2) is 4.97. The number of hydrogen-bond donors (Lipinski definition) is 2. The molecule has 1 aliphatic rings. The lowest BCUT2D eigenvalue weighted by Gasteiger charge is -2.12. The van der Waals surface area contributed by atoms with E-state index < -0.39 is 17.6 Å². The average Bonchev–Trinajstić information content (AvgIpc) is 2.81. The summed E-state index contributed by atoms with van der Waals surface area (Å²) in [6.07, 6.45) is -3.63. The normalized spacial score (nSPS) is 19.8. The van der Waals surface area contributed by atoms with Crippen molar-refractivity contribution in [1.29, 1.82) is 0 Å². The topological polar surface area (TPSA) is 41.1 Å². The molecule has 6 heteroatoms. The smallest absolute Gasteiger partial charge is 0.348 e. The quantitative estimate of drug-likeness (QED) is 0.849. The van der Waals surface area contributed by atoms with E-state index in [0.717, 1.165) is 25.1 Å². The lowest BCUT2D eigenvalue weighted by atomic mass is 10.1. The molecule has 18 heavy (non-hydrogen) atoms. The highest BCUT2D eigenvalue weighted by Crippen LogP contribution is 2.29. The van der Waals surface area contributed by atoms with Gasteiger partial charge in [-0.25, -0.2) is 0 Å². The third-order valence-electron chi connectivity index (χ3n) is 2.85. The number of halogens is 3. The maximum absolute atomic E-state index is 12.5. The van der Waals surface area contributed by atoms with Crippen LogP contribution in [0.1, 0.15) is 22.3 Å². The Hall–Kier alpha value is -1.56. The molecule has 2 rings (SSSR count). The molecule has 98 valence electrons. The fraction of sp³-hybridized carbons (Fsp3) is 0.417. The van der Waals surface area contributed by atoms with E-state index in [9.17, 15) is 18.0 Å². The Kier molecular flexibility index (Phi) is 3.56. The van der Waals surface area contributed by atoms with Crippen LogP contribution in [-0.4, -0.2) is 25.0 Å². The van der Waals surface area contributed by atoms with Gasteiger partial charge in [0.25, 0.3) is 5.91 Å². The van der Waals surface area contributed by atoms with Gasteiger partial charge in [0.15, 0.2) is 0 Å². The Labute approximate surface area is 102 Å². The summed E-state index contributed by atoms with van der Waals surface area (Å²) in [6.45, 7) is 1.47. The number of benzene rings is 1. The van der Waals surface area contributed by atoms with Crippen molar-refractivity contribution in [2.75, 3.05) is 13.1 Å². The van der Waals surface area contributed by atoms with Gasteiger partial charge in [0, 0.05) is 18.2 Å². The van der Waals surface area contributed by atoms with Crippen LogP contribution in [0.25, 0.3) is 0 Å². The molecular weight excluding hydrogens is 245 g/mol. The van der Waals surface area contributed by atoms with Gasteiger partial charge in [0.2, 0.25) is 0 Å². The zero-order chi connectivity index (χ0) is 13.2. The van der Waals surface area contributed by atoms with E-state index in [-0.39, 0.29) is 11.6 Å². The van der Waals surface area contributed by atoms with E-state index in [1.165, 1.54) is 12.1 Å². The maximum Gasteiger partial charge on any atom is 0.416 e. The van der Waals surface area contributed by atoms with Crippen molar-refractivity contribution in [1.82, 2.24) is 10.6 Å². The SMILES string of the molecule is O=C(N[C@H]1CCNC1)c1cccc(C(F)(F)F)c1. The molecule has 1 aromatic carbocycles. The highest BCUT2D eigenvalue weighted by molar-refractivity contribution is 5.94. The van der Waals surface area contributed by atoms with Gasteiger partial charge in [0.05, 0.1) is 5.56 Å². The Balaban J connectivity index is 2.10. The molecule has 1 fully saturated rings. The first-order chi connectivity index (χ1) is 8.47. The van der Waals surface area contributed by atoms with Crippen molar-refractivity contribution in [2.24, 2.45) is 0 Å². The summed E-state index contributed by atoms with van der Waals surface area (Å²) < 4.78 is 37.5. The monoisotopic (exact) mass is 258 g/mol. The molecule has 1 aromatic rings. The Morgan fingerprint density at radius 1 is 1.39 bits per heavy atom. The molecule has 1 atom stereocenters. The van der Waals surface area contributed by atoms with Crippen molar-refractivity contribution in [3.63, 3.8) is 0 Å². The third kappa shape index (κ3) is 3.01. The summed E-state index contributed by atoms with van der Waals surface area (Å²) in [4.78, 5) is 11.8. The van der Waals surface area contributed by atoms with Gasteiger partial charge in [-0.3, -0.25) is 4.79 Å². The standard InChI is InChI=1S/C12H13F3N2O/c13-12(14,15)9-3-1-2-8(6-9)11(18)17-10-4-5-16-7-10/h1-3,6,10,16H,4-5,7H2,(H,17,18)/t10-/m0/s1. The van der Waals surface area contributed by atoms with E-state index in [1.54, 1.807) is 0 Å². The highest BCUT2D eigenvalue weighted by atomic mass is 19.4. The molecule has 1 amide bonds. The lowest BCUT2D eigenvalue weighted by Crippen LogP contribution is -2.36. The predicted molar refractivity (Wildman–Crippen MR) is 60.2 cm³/mol. The second-order valence-electron chi connectivity index (χ2n) is 4.24. The van der Waals surface area contributed by atoms with Crippen LogP contribution in [0.2, 0.25) is 0 Å². The van der Waals surface area contributed by atoms with Gasteiger partial charge >= 0.3 is 6.18 Å². The number of nitrogens with one attached hydrogen (secondary N) is 2. The molecule has 1 saturated heterocycles. The zero-order valence-electron chi connectivity index (χ0n) is 9.55. The summed E-state index contributed by atoms with van der Waals surface area (Å²) in [5, 5.41) is 5.78. The minimum Gasteiger partial charge on any atom is -0.348 e. The first-order valence-corrected chi connectivity index (χ1v) is 5.65. The maximum atomic E-state index is 12.5. The Morgan fingerprint density at radius 3 is 2.78 bits per heavy atom. The van der Waals surface area contributed by atoms with Crippen molar-refractivity contribution in [3.8, 4) is 0 Å². The fourth-order valence-electron chi connectivity index (χ4n) is 1.88. The molecule has 0 aliphatic carbocycles. The van der Waals surface area contributed by atoms with Gasteiger partial charge in [-0.1, -0.05) is 6.07 Å². The summed E-state index contributed by atoms with van der Waals surface area (Å²) in [5.41, 5.74) is -0.767. The van der Waals surface area contributed by atoms with Gasteiger partial charge in [-0.05, 0) is 31.2 Å². The number of hydrogen-bond acceptors (Lipinski definition) is 2. The first kappa shape index (κ1) is 12.9. The molecule has 0 aromatic heterocycles. The lowest BCUT2D eigenvalue weighted by molar-refractivity contribution is -0.137. The van der Waals surface area contributed by atoms with E-state index in [4.69, 9.17) is 0 Å². The summed E-state index contributed by atoms with van der Waals surface area (Å²) in [5.74, 6) is -0.463. The van der Waals surface area contributed by atoms with Crippen molar-refractivity contribution in [3.05, 3.63) is 35.4 Å². The highest BCUT2D eigenvalue weighted by Gasteiger charge is 2.31. The van der Waals surface area contributed by atoms with Crippen LogP contribution in [0.15, 0.2) is 24.3 Å². The average molecular weight is 258 g/mol. The van der Waals surface area contributed by atoms with E-state index in [2.05, 4.69) is 10.6 Å². The molecule has 3 nitrogen and oxygen atoms in total. The molecule has 0 unspecified atom stereocenters. The molecule has 0 bridgehead atoms. The van der Waals surface area contributed by atoms with Crippen LogP contribution in [-0.2, 0) is 6.18 Å².